The maximum atomic E-state index is 12.4. The number of hydrogen-bond acceptors (Lipinski definition) is 2. The Bertz CT molecular complexity index is 944. The lowest BCUT2D eigenvalue weighted by atomic mass is 9.82. The van der Waals surface area contributed by atoms with Crippen molar-refractivity contribution in [3.63, 3.8) is 0 Å². The van der Waals surface area contributed by atoms with Crippen LogP contribution in [0.15, 0.2) is 95.5 Å². The summed E-state index contributed by atoms with van der Waals surface area (Å²) in [5.41, 5.74) is 3.61. The van der Waals surface area contributed by atoms with Crippen LogP contribution < -0.4 is 0 Å². The van der Waals surface area contributed by atoms with Crippen LogP contribution in [0.5, 0.6) is 0 Å². The average molecular weight is 435 g/mol. The van der Waals surface area contributed by atoms with Crippen molar-refractivity contribution in [3.8, 4) is 11.1 Å². The van der Waals surface area contributed by atoms with E-state index >= 15 is 0 Å². The molecule has 0 saturated heterocycles. The highest BCUT2D eigenvalue weighted by atomic mass is 79.9. The highest BCUT2D eigenvalue weighted by Crippen LogP contribution is 2.29. The van der Waals surface area contributed by atoms with E-state index in [9.17, 15) is 4.79 Å². The number of carbonyl (C=O) groups is 1. The third-order valence-electron chi connectivity index (χ3n) is 4.77. The fraction of sp³-hybridized carbons (Fsp3) is 0.160. The molecule has 0 fully saturated rings. The van der Waals surface area contributed by atoms with Crippen LogP contribution in [0.25, 0.3) is 11.1 Å². The predicted octanol–water partition coefficient (Wildman–Crippen LogP) is 6.81. The van der Waals surface area contributed by atoms with Gasteiger partial charge in [0, 0.05) is 9.89 Å². The fourth-order valence-corrected chi connectivity index (χ4v) is 3.42. The lowest BCUT2D eigenvalue weighted by Crippen LogP contribution is -2.27. The van der Waals surface area contributed by atoms with Gasteiger partial charge < -0.3 is 4.74 Å². The van der Waals surface area contributed by atoms with E-state index in [1.165, 1.54) is 11.1 Å². The van der Waals surface area contributed by atoms with Gasteiger partial charge in [0.05, 0.1) is 5.56 Å². The largest absolute Gasteiger partial charge is 0.461 e. The summed E-state index contributed by atoms with van der Waals surface area (Å²) in [5.74, 6) is -0.316. The number of ether oxygens (including phenoxy) is 1. The second-order valence-electron chi connectivity index (χ2n) is 6.94. The molecule has 3 aromatic rings. The van der Waals surface area contributed by atoms with Crippen molar-refractivity contribution in [1.29, 1.82) is 0 Å². The van der Waals surface area contributed by atoms with Gasteiger partial charge in [-0.05, 0) is 54.8 Å². The van der Waals surface area contributed by atoms with E-state index in [0.717, 1.165) is 10.0 Å². The second kappa shape index (κ2) is 9.03. The van der Waals surface area contributed by atoms with Crippen molar-refractivity contribution in [1.82, 2.24) is 0 Å². The van der Waals surface area contributed by atoms with Gasteiger partial charge in [-0.3, -0.25) is 0 Å². The zero-order valence-corrected chi connectivity index (χ0v) is 17.6. The van der Waals surface area contributed by atoms with Crippen LogP contribution in [0.2, 0.25) is 0 Å². The number of carbonyl (C=O) groups excluding carboxylic acids is 1. The molecule has 0 bridgehead atoms. The molecule has 0 saturated carbocycles. The predicted molar refractivity (Wildman–Crippen MR) is 118 cm³/mol. The lowest BCUT2D eigenvalue weighted by Gasteiger charge is -2.26. The Kier molecular flexibility index (Phi) is 6.48. The minimum atomic E-state index is -0.394. The first-order valence-electron chi connectivity index (χ1n) is 9.24. The Morgan fingerprint density at radius 3 is 2.14 bits per heavy atom. The molecule has 3 aromatic carbocycles. The molecule has 0 N–H and O–H groups in total. The Balaban J connectivity index is 1.77. The highest BCUT2D eigenvalue weighted by Gasteiger charge is 2.26. The molecule has 0 radical (unpaired) electrons. The minimum absolute atomic E-state index is 0.275. The normalized spacial score (nSPS) is 13.2. The van der Waals surface area contributed by atoms with Gasteiger partial charge in [0.2, 0.25) is 0 Å². The summed E-state index contributed by atoms with van der Waals surface area (Å²) >= 11 is 3.38. The summed E-state index contributed by atoms with van der Waals surface area (Å²) in [6.07, 6.45) is 4.08. The van der Waals surface area contributed by atoms with Gasteiger partial charge in [-0.1, -0.05) is 82.7 Å². The molecule has 0 aliphatic heterocycles. The quantitative estimate of drug-likeness (QED) is 0.314. The molecule has 3 heteroatoms. The van der Waals surface area contributed by atoms with Crippen molar-refractivity contribution in [2.24, 2.45) is 0 Å². The molecule has 0 heterocycles. The topological polar surface area (TPSA) is 26.3 Å². The SMILES string of the molecule is C/C=C/[C@](C)(COC(=O)c1ccc(Br)cc1)c1ccc(-c2ccccc2)cc1. The first kappa shape index (κ1) is 20.1. The van der Waals surface area contributed by atoms with Crippen molar-refractivity contribution in [2.45, 2.75) is 19.3 Å². The summed E-state index contributed by atoms with van der Waals surface area (Å²) in [6.45, 7) is 4.34. The molecule has 0 aliphatic carbocycles. The number of esters is 1. The van der Waals surface area contributed by atoms with Gasteiger partial charge in [-0.15, -0.1) is 0 Å². The van der Waals surface area contributed by atoms with Crippen molar-refractivity contribution < 1.29 is 9.53 Å². The van der Waals surface area contributed by atoms with E-state index in [0.29, 0.717) is 5.56 Å². The third kappa shape index (κ3) is 4.79. The zero-order chi connectivity index (χ0) is 20.0. The molecule has 28 heavy (non-hydrogen) atoms. The number of rotatable bonds is 6. The van der Waals surface area contributed by atoms with Gasteiger partial charge in [0.15, 0.2) is 0 Å². The minimum Gasteiger partial charge on any atom is -0.461 e. The monoisotopic (exact) mass is 434 g/mol. The molecule has 0 unspecified atom stereocenters. The van der Waals surface area contributed by atoms with Crippen LogP contribution in [0, 0.1) is 0 Å². The first-order valence-corrected chi connectivity index (χ1v) is 10.0. The molecule has 2 nitrogen and oxygen atoms in total. The number of benzene rings is 3. The van der Waals surface area contributed by atoms with E-state index in [-0.39, 0.29) is 12.6 Å². The number of halogens is 1. The van der Waals surface area contributed by atoms with Crippen LogP contribution in [0.1, 0.15) is 29.8 Å². The van der Waals surface area contributed by atoms with Crippen LogP contribution in [-0.4, -0.2) is 12.6 Å². The molecule has 142 valence electrons. The molecule has 0 spiro atoms. The molecule has 1 atom stereocenters. The maximum absolute atomic E-state index is 12.4. The van der Waals surface area contributed by atoms with E-state index in [4.69, 9.17) is 4.74 Å². The highest BCUT2D eigenvalue weighted by molar-refractivity contribution is 9.10. The number of hydrogen-bond donors (Lipinski definition) is 0. The van der Waals surface area contributed by atoms with Crippen molar-refractivity contribution in [3.05, 3.63) is 107 Å². The van der Waals surface area contributed by atoms with Crippen molar-refractivity contribution >= 4 is 21.9 Å². The van der Waals surface area contributed by atoms with Gasteiger partial charge in [0.1, 0.15) is 6.61 Å². The fourth-order valence-electron chi connectivity index (χ4n) is 3.15. The van der Waals surface area contributed by atoms with Gasteiger partial charge >= 0.3 is 5.97 Å². The van der Waals surface area contributed by atoms with E-state index in [2.05, 4.69) is 65.3 Å². The number of allylic oxidation sites excluding steroid dienone is 1. The molecule has 3 rings (SSSR count). The Morgan fingerprint density at radius 1 is 0.929 bits per heavy atom. The van der Waals surface area contributed by atoms with Gasteiger partial charge in [-0.25, -0.2) is 4.79 Å². The lowest BCUT2D eigenvalue weighted by molar-refractivity contribution is 0.0446. The maximum Gasteiger partial charge on any atom is 0.338 e. The molecule has 0 amide bonds. The molecular weight excluding hydrogens is 412 g/mol. The zero-order valence-electron chi connectivity index (χ0n) is 16.1. The summed E-state index contributed by atoms with van der Waals surface area (Å²) in [7, 11) is 0. The van der Waals surface area contributed by atoms with E-state index in [1.807, 2.05) is 43.3 Å². The van der Waals surface area contributed by atoms with Crippen LogP contribution in [-0.2, 0) is 10.2 Å². The average Bonchev–Trinajstić information content (AvgIpc) is 2.73. The summed E-state index contributed by atoms with van der Waals surface area (Å²) < 4.78 is 6.58. The van der Waals surface area contributed by atoms with Gasteiger partial charge in [-0.2, -0.15) is 0 Å². The van der Waals surface area contributed by atoms with E-state index < -0.39 is 5.41 Å². The Labute approximate surface area is 175 Å². The summed E-state index contributed by atoms with van der Waals surface area (Å²) in [4.78, 5) is 12.4. The molecular formula is C25H23BrO2. The standard InChI is InChI=1S/C25H23BrO2/c1-3-17-25(2,18-28-24(27)21-11-15-23(26)16-12-21)22-13-9-20(10-14-22)19-7-5-4-6-8-19/h3-17H,18H2,1-2H3/b17-3+/t25-/m1/s1. The Hall–Kier alpha value is -2.65. The summed E-state index contributed by atoms with van der Waals surface area (Å²) in [6, 6.07) is 25.9. The molecule has 0 aliphatic rings. The summed E-state index contributed by atoms with van der Waals surface area (Å²) in [5, 5.41) is 0. The second-order valence-corrected chi connectivity index (χ2v) is 7.86. The van der Waals surface area contributed by atoms with Crippen molar-refractivity contribution in [2.75, 3.05) is 6.61 Å². The first-order chi connectivity index (χ1) is 13.5. The Morgan fingerprint density at radius 2 is 1.54 bits per heavy atom. The van der Waals surface area contributed by atoms with Crippen LogP contribution in [0.3, 0.4) is 0 Å². The smallest absolute Gasteiger partial charge is 0.338 e. The third-order valence-corrected chi connectivity index (χ3v) is 5.30. The van der Waals surface area contributed by atoms with Crippen LogP contribution >= 0.6 is 15.9 Å². The van der Waals surface area contributed by atoms with E-state index in [1.54, 1.807) is 12.1 Å². The van der Waals surface area contributed by atoms with Gasteiger partial charge in [0.25, 0.3) is 0 Å². The van der Waals surface area contributed by atoms with Crippen LogP contribution in [0.4, 0.5) is 0 Å². The molecule has 0 aromatic heterocycles.